The lowest BCUT2D eigenvalue weighted by Crippen LogP contribution is -2.30. The molecule has 0 atom stereocenters. The van der Waals surface area contributed by atoms with E-state index in [0.29, 0.717) is 0 Å². The Hall–Kier alpha value is -1.75. The van der Waals surface area contributed by atoms with Gasteiger partial charge in [0.15, 0.2) is 12.4 Å². The lowest BCUT2D eigenvalue weighted by Gasteiger charge is -1.94. The number of nitrogens with one attached hydrogen (secondary N) is 2. The molecule has 0 radical (unpaired) electrons. The normalized spacial score (nSPS) is 6.11. The van der Waals surface area contributed by atoms with Crippen molar-refractivity contribution in [3.8, 4) is 12.4 Å². The highest BCUT2D eigenvalue weighted by molar-refractivity contribution is 5.82. The Kier molecular flexibility index (Phi) is 3.55. The van der Waals surface area contributed by atoms with Gasteiger partial charge in [0.05, 0.1) is 0 Å². The fourth-order valence-corrected chi connectivity index (χ4v) is 0.249. The minimum atomic E-state index is 0.153. The fraction of sp³-hybridized carbons (Fsp3) is 0.250. The second-order valence-electron chi connectivity index (χ2n) is 1.05. The zero-order chi connectivity index (χ0) is 7.11. The summed E-state index contributed by atoms with van der Waals surface area (Å²) in [6.07, 6.45) is 3.22. The quantitative estimate of drug-likeness (QED) is 0.189. The molecule has 0 aromatic heterocycles. The van der Waals surface area contributed by atoms with Crippen molar-refractivity contribution in [1.29, 1.82) is 10.5 Å². The molecule has 0 rings (SSSR count). The summed E-state index contributed by atoms with van der Waals surface area (Å²) in [5, 5.41) is 20.3. The third kappa shape index (κ3) is 2.89. The molecule has 0 aliphatic carbocycles. The molecule has 0 amide bonds. The van der Waals surface area contributed by atoms with E-state index in [1.807, 2.05) is 0 Å². The lowest BCUT2D eigenvalue weighted by atomic mass is 10.9. The number of aliphatic imine (C=N–C) groups is 1. The second kappa shape index (κ2) is 4.41. The van der Waals surface area contributed by atoms with Crippen molar-refractivity contribution >= 4 is 5.96 Å². The van der Waals surface area contributed by atoms with Crippen LogP contribution in [-0.2, 0) is 0 Å². The minimum absolute atomic E-state index is 0.153. The maximum Gasteiger partial charge on any atom is 0.217 e. The molecular formula is C4H5N5. The summed E-state index contributed by atoms with van der Waals surface area (Å²) in [7, 11) is 1.46. The topological polar surface area (TPSA) is 84.0 Å². The van der Waals surface area contributed by atoms with E-state index in [1.165, 1.54) is 7.05 Å². The van der Waals surface area contributed by atoms with Crippen molar-refractivity contribution in [2.75, 3.05) is 7.05 Å². The molecule has 0 saturated carbocycles. The summed E-state index contributed by atoms with van der Waals surface area (Å²) in [4.78, 5) is 3.52. The van der Waals surface area contributed by atoms with Gasteiger partial charge < -0.3 is 0 Å². The van der Waals surface area contributed by atoms with E-state index in [-0.39, 0.29) is 5.96 Å². The predicted octanol–water partition coefficient (Wildman–Crippen LogP) is -0.886. The SMILES string of the molecule is CN=C(NC#N)NC#N. The minimum Gasteiger partial charge on any atom is -0.262 e. The van der Waals surface area contributed by atoms with E-state index < -0.39 is 0 Å². The molecule has 0 heterocycles. The standard InChI is InChI=1S/C4H5N5/c1-7-4(8-2-5)9-3-6/h1H3,(H2,7,8,9). The Bertz CT molecular complexity index is 162. The van der Waals surface area contributed by atoms with E-state index in [0.717, 1.165) is 0 Å². The van der Waals surface area contributed by atoms with Crippen molar-refractivity contribution in [2.24, 2.45) is 4.99 Å². The molecule has 0 saturated heterocycles. The highest BCUT2D eigenvalue weighted by atomic mass is 15.2. The van der Waals surface area contributed by atoms with Gasteiger partial charge in [0.1, 0.15) is 0 Å². The van der Waals surface area contributed by atoms with Gasteiger partial charge in [0.2, 0.25) is 5.96 Å². The van der Waals surface area contributed by atoms with E-state index in [1.54, 1.807) is 12.4 Å². The maximum atomic E-state index is 8.00. The molecule has 5 nitrogen and oxygen atoms in total. The van der Waals surface area contributed by atoms with Crippen LogP contribution in [0.1, 0.15) is 0 Å². The Morgan fingerprint density at radius 3 is 2.00 bits per heavy atom. The molecule has 0 aliphatic rings. The van der Waals surface area contributed by atoms with Gasteiger partial charge in [-0.2, -0.15) is 10.5 Å². The van der Waals surface area contributed by atoms with Crippen LogP contribution in [0.3, 0.4) is 0 Å². The molecule has 0 aliphatic heterocycles. The summed E-state index contributed by atoms with van der Waals surface area (Å²) >= 11 is 0. The highest BCUT2D eigenvalue weighted by Gasteiger charge is 1.88. The number of guanidine groups is 1. The third-order valence-corrected chi connectivity index (χ3v) is 0.572. The summed E-state index contributed by atoms with van der Waals surface area (Å²) in [5.74, 6) is 0.153. The molecule has 2 N–H and O–H groups in total. The van der Waals surface area contributed by atoms with Crippen molar-refractivity contribution < 1.29 is 0 Å². The first kappa shape index (κ1) is 7.25. The van der Waals surface area contributed by atoms with Crippen LogP contribution in [0.15, 0.2) is 4.99 Å². The number of nitriles is 2. The van der Waals surface area contributed by atoms with Gasteiger partial charge in [-0.25, -0.2) is 0 Å². The van der Waals surface area contributed by atoms with Gasteiger partial charge in [-0.1, -0.05) is 0 Å². The van der Waals surface area contributed by atoms with Crippen LogP contribution in [0.5, 0.6) is 0 Å². The number of rotatable bonds is 0. The lowest BCUT2D eigenvalue weighted by molar-refractivity contribution is 1.11. The van der Waals surface area contributed by atoms with Gasteiger partial charge in [0.25, 0.3) is 0 Å². The summed E-state index contributed by atoms with van der Waals surface area (Å²) in [5.41, 5.74) is 0. The van der Waals surface area contributed by atoms with Gasteiger partial charge in [-0.05, 0) is 0 Å². The van der Waals surface area contributed by atoms with Gasteiger partial charge >= 0.3 is 0 Å². The zero-order valence-electron chi connectivity index (χ0n) is 4.84. The van der Waals surface area contributed by atoms with E-state index in [2.05, 4.69) is 15.6 Å². The monoisotopic (exact) mass is 123 g/mol. The summed E-state index contributed by atoms with van der Waals surface area (Å²) < 4.78 is 0. The van der Waals surface area contributed by atoms with Crippen LogP contribution in [-0.4, -0.2) is 13.0 Å². The largest absolute Gasteiger partial charge is 0.262 e. The second-order valence-corrected chi connectivity index (χ2v) is 1.05. The maximum absolute atomic E-state index is 8.00. The van der Waals surface area contributed by atoms with Crippen LogP contribution in [0, 0.1) is 22.9 Å². The van der Waals surface area contributed by atoms with E-state index in [4.69, 9.17) is 10.5 Å². The fourth-order valence-electron chi connectivity index (χ4n) is 0.249. The number of hydrogen-bond donors (Lipinski definition) is 2. The van der Waals surface area contributed by atoms with Crippen molar-refractivity contribution in [3.05, 3.63) is 0 Å². The molecule has 0 spiro atoms. The molecule has 0 aromatic rings. The smallest absolute Gasteiger partial charge is 0.217 e. The zero-order valence-corrected chi connectivity index (χ0v) is 4.84. The van der Waals surface area contributed by atoms with Gasteiger partial charge in [0, 0.05) is 7.05 Å². The Morgan fingerprint density at radius 2 is 1.78 bits per heavy atom. The molecule has 0 bridgehead atoms. The number of hydrogen-bond acceptors (Lipinski definition) is 3. The first-order chi connectivity index (χ1) is 4.35. The first-order valence-corrected chi connectivity index (χ1v) is 2.12. The summed E-state index contributed by atoms with van der Waals surface area (Å²) in [6, 6.07) is 0. The van der Waals surface area contributed by atoms with Crippen LogP contribution < -0.4 is 10.6 Å². The molecular weight excluding hydrogens is 118 g/mol. The molecule has 5 heteroatoms. The average Bonchev–Trinajstić information content (AvgIpc) is 1.88. The molecule has 46 valence electrons. The number of nitrogens with zero attached hydrogens (tertiary/aromatic N) is 3. The van der Waals surface area contributed by atoms with Crippen molar-refractivity contribution in [2.45, 2.75) is 0 Å². The molecule has 0 fully saturated rings. The van der Waals surface area contributed by atoms with Crippen LogP contribution >= 0.6 is 0 Å². The van der Waals surface area contributed by atoms with Gasteiger partial charge in [-0.15, -0.1) is 0 Å². The van der Waals surface area contributed by atoms with Crippen LogP contribution in [0.25, 0.3) is 0 Å². The first-order valence-electron chi connectivity index (χ1n) is 2.12. The Labute approximate surface area is 52.6 Å². The predicted molar refractivity (Wildman–Crippen MR) is 30.9 cm³/mol. The van der Waals surface area contributed by atoms with Crippen molar-refractivity contribution in [3.63, 3.8) is 0 Å². The van der Waals surface area contributed by atoms with Crippen LogP contribution in [0.2, 0.25) is 0 Å². The summed E-state index contributed by atoms with van der Waals surface area (Å²) in [6.45, 7) is 0. The molecule has 0 aromatic carbocycles. The highest BCUT2D eigenvalue weighted by Crippen LogP contribution is 1.59. The molecule has 9 heavy (non-hydrogen) atoms. The van der Waals surface area contributed by atoms with Gasteiger partial charge in [-0.3, -0.25) is 15.6 Å². The van der Waals surface area contributed by atoms with Crippen molar-refractivity contribution in [1.82, 2.24) is 10.6 Å². The average molecular weight is 123 g/mol. The van der Waals surface area contributed by atoms with Crippen LogP contribution in [0.4, 0.5) is 0 Å². The van der Waals surface area contributed by atoms with E-state index >= 15 is 0 Å². The molecule has 0 unspecified atom stereocenters. The Morgan fingerprint density at radius 1 is 1.33 bits per heavy atom. The third-order valence-electron chi connectivity index (χ3n) is 0.572. The Balaban J connectivity index is 3.77. The van der Waals surface area contributed by atoms with E-state index in [9.17, 15) is 0 Å².